The van der Waals surface area contributed by atoms with Gasteiger partial charge in [-0.15, -0.1) is 12.4 Å². The molecule has 1 unspecified atom stereocenters. The van der Waals surface area contributed by atoms with Crippen LogP contribution in [-0.4, -0.2) is 43.5 Å². The zero-order chi connectivity index (χ0) is 18.4. The first-order valence-electron chi connectivity index (χ1n) is 9.17. The van der Waals surface area contributed by atoms with Crippen molar-refractivity contribution in [2.45, 2.75) is 25.8 Å². The fraction of sp³-hybridized carbons (Fsp3) is 0.381. The van der Waals surface area contributed by atoms with Crippen molar-refractivity contribution in [3.05, 3.63) is 54.1 Å². The molecule has 1 heterocycles. The quantitative estimate of drug-likeness (QED) is 0.788. The van der Waals surface area contributed by atoms with E-state index >= 15 is 0 Å². The summed E-state index contributed by atoms with van der Waals surface area (Å²) in [6.45, 7) is 4.31. The van der Waals surface area contributed by atoms with E-state index in [0.717, 1.165) is 25.3 Å². The number of hydrogen-bond acceptors (Lipinski definition) is 4. The van der Waals surface area contributed by atoms with Crippen molar-refractivity contribution in [1.29, 1.82) is 0 Å². The van der Waals surface area contributed by atoms with Crippen LogP contribution in [0.1, 0.15) is 18.4 Å². The molecule has 0 bridgehead atoms. The van der Waals surface area contributed by atoms with E-state index in [2.05, 4.69) is 15.5 Å². The molecule has 5 nitrogen and oxygen atoms in total. The third-order valence-corrected chi connectivity index (χ3v) is 4.69. The topological polar surface area (TPSA) is 53.6 Å². The molecule has 1 aliphatic heterocycles. The fourth-order valence-electron chi connectivity index (χ4n) is 3.22. The summed E-state index contributed by atoms with van der Waals surface area (Å²) in [5, 5.41) is 6.30. The number of anilines is 1. The van der Waals surface area contributed by atoms with Crippen LogP contribution in [-0.2, 0) is 4.79 Å². The number of benzene rings is 2. The lowest BCUT2D eigenvalue weighted by Gasteiger charge is -2.31. The van der Waals surface area contributed by atoms with Gasteiger partial charge in [0.15, 0.2) is 5.75 Å². The highest BCUT2D eigenvalue weighted by molar-refractivity contribution is 5.93. The first-order chi connectivity index (χ1) is 12.6. The molecule has 146 valence electrons. The summed E-state index contributed by atoms with van der Waals surface area (Å²) in [5.74, 6) is 1.39. The Bertz CT molecular complexity index is 736. The molecule has 1 aliphatic rings. The summed E-state index contributed by atoms with van der Waals surface area (Å²) < 4.78 is 5.95. The SMILES string of the molecule is CNC1CCCN(CC(=O)Nc2ccccc2Oc2ccc(C)cc2)C1.Cl. The fourth-order valence-corrected chi connectivity index (χ4v) is 3.22. The number of hydrogen-bond donors (Lipinski definition) is 2. The molecular weight excluding hydrogens is 362 g/mol. The lowest BCUT2D eigenvalue weighted by Crippen LogP contribution is -2.46. The van der Waals surface area contributed by atoms with Crippen molar-refractivity contribution in [2.75, 3.05) is 32.0 Å². The smallest absolute Gasteiger partial charge is 0.238 e. The Labute approximate surface area is 167 Å². The maximum absolute atomic E-state index is 12.5. The van der Waals surface area contributed by atoms with E-state index in [1.54, 1.807) is 0 Å². The van der Waals surface area contributed by atoms with Gasteiger partial charge >= 0.3 is 0 Å². The Morgan fingerprint density at radius 2 is 1.93 bits per heavy atom. The second kappa shape index (κ2) is 10.3. The molecule has 6 heteroatoms. The number of nitrogens with zero attached hydrogens (tertiary/aromatic N) is 1. The van der Waals surface area contributed by atoms with Crippen LogP contribution >= 0.6 is 12.4 Å². The predicted molar refractivity (Wildman–Crippen MR) is 112 cm³/mol. The van der Waals surface area contributed by atoms with Gasteiger partial charge in [-0.25, -0.2) is 0 Å². The number of nitrogens with one attached hydrogen (secondary N) is 2. The number of amides is 1. The second-order valence-corrected chi connectivity index (χ2v) is 6.82. The minimum atomic E-state index is -0.0123. The third-order valence-electron chi connectivity index (χ3n) is 4.69. The van der Waals surface area contributed by atoms with Gasteiger partial charge in [0.25, 0.3) is 0 Å². The van der Waals surface area contributed by atoms with Gasteiger partial charge in [-0.2, -0.15) is 0 Å². The molecule has 1 atom stereocenters. The number of piperidine rings is 1. The number of carbonyl (C=O) groups is 1. The van der Waals surface area contributed by atoms with Crippen molar-refractivity contribution in [3.8, 4) is 11.5 Å². The lowest BCUT2D eigenvalue weighted by atomic mass is 10.1. The molecule has 2 aromatic carbocycles. The molecule has 1 fully saturated rings. The van der Waals surface area contributed by atoms with Crippen molar-refractivity contribution in [2.24, 2.45) is 0 Å². The Balaban J connectivity index is 0.00000261. The zero-order valence-electron chi connectivity index (χ0n) is 15.9. The summed E-state index contributed by atoms with van der Waals surface area (Å²) in [7, 11) is 1.98. The molecule has 0 saturated carbocycles. The van der Waals surface area contributed by atoms with E-state index in [1.165, 1.54) is 12.0 Å². The van der Waals surface area contributed by atoms with Crippen LogP contribution in [0.4, 0.5) is 5.69 Å². The third kappa shape index (κ3) is 6.24. The summed E-state index contributed by atoms with van der Waals surface area (Å²) in [6, 6.07) is 15.9. The molecule has 27 heavy (non-hydrogen) atoms. The Hall–Kier alpha value is -2.08. The van der Waals surface area contributed by atoms with Crippen molar-refractivity contribution in [1.82, 2.24) is 10.2 Å². The number of para-hydroxylation sites is 2. The van der Waals surface area contributed by atoms with E-state index in [1.807, 2.05) is 62.5 Å². The van der Waals surface area contributed by atoms with Crippen LogP contribution in [0.15, 0.2) is 48.5 Å². The molecule has 2 N–H and O–H groups in total. The zero-order valence-corrected chi connectivity index (χ0v) is 16.7. The van der Waals surface area contributed by atoms with Gasteiger partial charge < -0.3 is 15.4 Å². The van der Waals surface area contributed by atoms with Crippen molar-refractivity contribution < 1.29 is 9.53 Å². The molecule has 0 aliphatic carbocycles. The minimum absolute atomic E-state index is 0. The molecule has 0 aromatic heterocycles. The van der Waals surface area contributed by atoms with Crippen LogP contribution < -0.4 is 15.4 Å². The molecule has 0 radical (unpaired) electrons. The summed E-state index contributed by atoms with van der Waals surface area (Å²) in [5.41, 5.74) is 1.88. The highest BCUT2D eigenvalue weighted by Crippen LogP contribution is 2.29. The first-order valence-corrected chi connectivity index (χ1v) is 9.17. The molecule has 1 saturated heterocycles. The summed E-state index contributed by atoms with van der Waals surface area (Å²) >= 11 is 0. The maximum Gasteiger partial charge on any atom is 0.238 e. The number of ether oxygens (including phenoxy) is 1. The first kappa shape index (κ1) is 21.2. The van der Waals surface area contributed by atoms with Gasteiger partial charge in [0, 0.05) is 12.6 Å². The van der Waals surface area contributed by atoms with Gasteiger partial charge in [-0.05, 0) is 57.6 Å². The lowest BCUT2D eigenvalue weighted by molar-refractivity contribution is -0.117. The van der Waals surface area contributed by atoms with Gasteiger partial charge in [-0.1, -0.05) is 29.8 Å². The average molecular weight is 390 g/mol. The largest absolute Gasteiger partial charge is 0.455 e. The van der Waals surface area contributed by atoms with Gasteiger partial charge in [0.2, 0.25) is 5.91 Å². The summed E-state index contributed by atoms with van der Waals surface area (Å²) in [6.07, 6.45) is 2.29. The van der Waals surface area contributed by atoms with Crippen LogP contribution in [0, 0.1) is 6.92 Å². The van der Waals surface area contributed by atoms with Crippen LogP contribution in [0.25, 0.3) is 0 Å². The highest BCUT2D eigenvalue weighted by atomic mass is 35.5. The predicted octanol–water partition coefficient (Wildman–Crippen LogP) is 3.83. The van der Waals surface area contributed by atoms with E-state index in [0.29, 0.717) is 24.0 Å². The normalized spacial score (nSPS) is 17.0. The maximum atomic E-state index is 12.5. The van der Waals surface area contributed by atoms with E-state index in [-0.39, 0.29) is 18.3 Å². The number of aryl methyl sites for hydroxylation is 1. The number of likely N-dealkylation sites (N-methyl/N-ethyl adjacent to an activating group) is 1. The number of likely N-dealkylation sites (tertiary alicyclic amines) is 1. The highest BCUT2D eigenvalue weighted by Gasteiger charge is 2.20. The van der Waals surface area contributed by atoms with Crippen LogP contribution in [0.3, 0.4) is 0 Å². The molecule has 1 amide bonds. The van der Waals surface area contributed by atoms with E-state index < -0.39 is 0 Å². The molecule has 0 spiro atoms. The summed E-state index contributed by atoms with van der Waals surface area (Å²) in [4.78, 5) is 14.7. The number of halogens is 1. The average Bonchev–Trinajstić information content (AvgIpc) is 2.65. The van der Waals surface area contributed by atoms with Crippen molar-refractivity contribution >= 4 is 24.0 Å². The monoisotopic (exact) mass is 389 g/mol. The Morgan fingerprint density at radius 1 is 1.19 bits per heavy atom. The van der Waals surface area contributed by atoms with Gasteiger partial charge in [-0.3, -0.25) is 9.69 Å². The van der Waals surface area contributed by atoms with Crippen molar-refractivity contribution in [3.63, 3.8) is 0 Å². The molecule has 2 aromatic rings. The standard InChI is InChI=1S/C21H27N3O2.ClH/c1-16-9-11-18(12-10-16)26-20-8-4-3-7-19(20)23-21(25)15-24-13-5-6-17(14-24)22-2;/h3-4,7-12,17,22H,5-6,13-15H2,1-2H3,(H,23,25);1H. The second-order valence-electron chi connectivity index (χ2n) is 6.82. The van der Waals surface area contributed by atoms with E-state index in [4.69, 9.17) is 4.74 Å². The Kier molecular flexibility index (Phi) is 8.10. The van der Waals surface area contributed by atoms with Gasteiger partial charge in [0.1, 0.15) is 5.75 Å². The minimum Gasteiger partial charge on any atom is -0.455 e. The Morgan fingerprint density at radius 3 is 2.67 bits per heavy atom. The number of carbonyl (C=O) groups excluding carboxylic acids is 1. The molecule has 3 rings (SSSR count). The molecular formula is C21H28ClN3O2. The van der Waals surface area contributed by atoms with Gasteiger partial charge in [0.05, 0.1) is 12.2 Å². The van der Waals surface area contributed by atoms with Crippen LogP contribution in [0.2, 0.25) is 0 Å². The van der Waals surface area contributed by atoms with E-state index in [9.17, 15) is 4.79 Å². The number of rotatable bonds is 6. The van der Waals surface area contributed by atoms with Crippen LogP contribution in [0.5, 0.6) is 11.5 Å².